The average molecular weight is 266 g/mol. The second-order valence-corrected chi connectivity index (χ2v) is 5.62. The lowest BCUT2D eigenvalue weighted by molar-refractivity contribution is -0.118. The van der Waals surface area contributed by atoms with Crippen LogP contribution in [0.1, 0.15) is 12.5 Å². The molecule has 2 N–H and O–H groups in total. The van der Waals surface area contributed by atoms with E-state index in [0.717, 1.165) is 30.1 Å². The number of carbonyl (C=O) groups excluding carboxylic acids is 1. The summed E-state index contributed by atoms with van der Waals surface area (Å²) in [6.45, 7) is 4.07. The molecule has 0 fully saturated rings. The standard InChI is InChI=1S/C13H18N2O2S/c1-9(18-2)6-14-7-10-3-4-12-11(5-10)15-13(16)8-17-12/h3-5,9,14H,6-8H2,1-2H3,(H,15,16). The number of ether oxygens (including phenoxy) is 1. The SMILES string of the molecule is CSC(C)CNCc1ccc2c(c1)NC(=O)CO2. The van der Waals surface area contributed by atoms with Gasteiger partial charge in [-0.2, -0.15) is 11.8 Å². The van der Waals surface area contributed by atoms with Crippen LogP contribution in [0.5, 0.6) is 5.75 Å². The maximum atomic E-state index is 11.2. The summed E-state index contributed by atoms with van der Waals surface area (Å²) in [6, 6.07) is 5.89. The van der Waals surface area contributed by atoms with Crippen molar-refractivity contribution in [1.82, 2.24) is 5.32 Å². The third-order valence-electron chi connectivity index (χ3n) is 2.84. The Hall–Kier alpha value is -1.20. The van der Waals surface area contributed by atoms with Crippen LogP contribution in [0.3, 0.4) is 0 Å². The van der Waals surface area contributed by atoms with Crippen LogP contribution in [0.2, 0.25) is 0 Å². The topological polar surface area (TPSA) is 50.4 Å². The molecule has 5 heteroatoms. The minimum atomic E-state index is -0.0939. The van der Waals surface area contributed by atoms with E-state index in [4.69, 9.17) is 4.74 Å². The fourth-order valence-corrected chi connectivity index (χ4v) is 2.03. The zero-order valence-electron chi connectivity index (χ0n) is 10.7. The summed E-state index contributed by atoms with van der Waals surface area (Å²) >= 11 is 1.84. The van der Waals surface area contributed by atoms with E-state index in [0.29, 0.717) is 5.25 Å². The quantitative estimate of drug-likeness (QED) is 0.854. The molecule has 0 spiro atoms. The van der Waals surface area contributed by atoms with Gasteiger partial charge in [-0.1, -0.05) is 13.0 Å². The number of amides is 1. The van der Waals surface area contributed by atoms with E-state index in [2.05, 4.69) is 23.8 Å². The molecule has 0 radical (unpaired) electrons. The second-order valence-electron chi connectivity index (χ2n) is 4.34. The van der Waals surface area contributed by atoms with E-state index in [1.807, 2.05) is 30.0 Å². The van der Waals surface area contributed by atoms with Gasteiger partial charge < -0.3 is 15.4 Å². The molecule has 0 bridgehead atoms. The van der Waals surface area contributed by atoms with Gasteiger partial charge in [0.25, 0.3) is 5.91 Å². The Bertz CT molecular complexity index is 437. The van der Waals surface area contributed by atoms with E-state index >= 15 is 0 Å². The van der Waals surface area contributed by atoms with Crippen LogP contribution >= 0.6 is 11.8 Å². The molecule has 98 valence electrons. The third kappa shape index (κ3) is 3.40. The van der Waals surface area contributed by atoms with Gasteiger partial charge in [0.15, 0.2) is 6.61 Å². The molecule has 18 heavy (non-hydrogen) atoms. The van der Waals surface area contributed by atoms with Crippen LogP contribution in [0.4, 0.5) is 5.69 Å². The molecule has 1 aliphatic rings. The lowest BCUT2D eigenvalue weighted by Gasteiger charge is -2.18. The predicted octanol–water partition coefficient (Wildman–Crippen LogP) is 1.86. The summed E-state index contributed by atoms with van der Waals surface area (Å²) in [5.41, 5.74) is 1.91. The molecule has 1 heterocycles. The van der Waals surface area contributed by atoms with Crippen LogP contribution in [0.15, 0.2) is 18.2 Å². The van der Waals surface area contributed by atoms with Crippen LogP contribution in [-0.4, -0.2) is 30.6 Å². The van der Waals surface area contributed by atoms with Crippen molar-refractivity contribution in [1.29, 1.82) is 0 Å². The number of hydrogen-bond donors (Lipinski definition) is 2. The van der Waals surface area contributed by atoms with Gasteiger partial charge in [0, 0.05) is 18.3 Å². The first-order chi connectivity index (χ1) is 8.69. The average Bonchev–Trinajstić information content (AvgIpc) is 2.38. The first-order valence-corrected chi connectivity index (χ1v) is 7.27. The lowest BCUT2D eigenvalue weighted by atomic mass is 10.1. The molecular weight excluding hydrogens is 248 g/mol. The van der Waals surface area contributed by atoms with Gasteiger partial charge in [-0.25, -0.2) is 0 Å². The molecule has 0 saturated carbocycles. The first-order valence-electron chi connectivity index (χ1n) is 5.98. The highest BCUT2D eigenvalue weighted by Crippen LogP contribution is 2.28. The second kappa shape index (κ2) is 6.11. The van der Waals surface area contributed by atoms with E-state index in [9.17, 15) is 4.79 Å². The van der Waals surface area contributed by atoms with Gasteiger partial charge in [0.1, 0.15) is 5.75 Å². The van der Waals surface area contributed by atoms with Crippen LogP contribution < -0.4 is 15.4 Å². The van der Waals surface area contributed by atoms with Gasteiger partial charge >= 0.3 is 0 Å². The number of rotatable bonds is 5. The largest absolute Gasteiger partial charge is 0.482 e. The molecule has 0 aliphatic carbocycles. The van der Waals surface area contributed by atoms with Crippen molar-refractivity contribution in [2.75, 3.05) is 24.7 Å². The van der Waals surface area contributed by atoms with Crippen molar-refractivity contribution in [3.8, 4) is 5.75 Å². The molecule has 0 aromatic heterocycles. The number of carbonyl (C=O) groups is 1. The van der Waals surface area contributed by atoms with E-state index < -0.39 is 0 Å². The monoisotopic (exact) mass is 266 g/mol. The van der Waals surface area contributed by atoms with Gasteiger partial charge in [0.2, 0.25) is 0 Å². The van der Waals surface area contributed by atoms with Crippen molar-refractivity contribution in [2.45, 2.75) is 18.7 Å². The zero-order chi connectivity index (χ0) is 13.0. The Morgan fingerprint density at radius 2 is 2.39 bits per heavy atom. The number of nitrogens with one attached hydrogen (secondary N) is 2. The minimum absolute atomic E-state index is 0.0939. The van der Waals surface area contributed by atoms with Crippen molar-refractivity contribution in [3.05, 3.63) is 23.8 Å². The molecule has 1 unspecified atom stereocenters. The molecule has 4 nitrogen and oxygen atoms in total. The smallest absolute Gasteiger partial charge is 0.262 e. The maximum absolute atomic E-state index is 11.2. The molecule has 1 aliphatic heterocycles. The highest BCUT2D eigenvalue weighted by Gasteiger charge is 2.15. The van der Waals surface area contributed by atoms with Crippen molar-refractivity contribution < 1.29 is 9.53 Å². The number of hydrogen-bond acceptors (Lipinski definition) is 4. The molecule has 0 saturated heterocycles. The highest BCUT2D eigenvalue weighted by atomic mass is 32.2. The Kier molecular flexibility index (Phi) is 4.49. The summed E-state index contributed by atoms with van der Waals surface area (Å²) in [5.74, 6) is 0.652. The maximum Gasteiger partial charge on any atom is 0.262 e. The number of benzene rings is 1. The fourth-order valence-electron chi connectivity index (χ4n) is 1.74. The minimum Gasteiger partial charge on any atom is -0.482 e. The van der Waals surface area contributed by atoms with Gasteiger partial charge in [-0.15, -0.1) is 0 Å². The van der Waals surface area contributed by atoms with Crippen LogP contribution in [0.25, 0.3) is 0 Å². The molecule has 2 rings (SSSR count). The van der Waals surface area contributed by atoms with Gasteiger partial charge in [-0.05, 0) is 24.0 Å². The third-order valence-corrected chi connectivity index (χ3v) is 3.81. The molecule has 1 aromatic carbocycles. The van der Waals surface area contributed by atoms with Crippen molar-refractivity contribution in [3.63, 3.8) is 0 Å². The summed E-state index contributed by atoms with van der Waals surface area (Å²) < 4.78 is 5.32. The van der Waals surface area contributed by atoms with Crippen LogP contribution in [0, 0.1) is 0 Å². The fraction of sp³-hybridized carbons (Fsp3) is 0.462. The van der Waals surface area contributed by atoms with Gasteiger partial charge in [-0.3, -0.25) is 4.79 Å². The molecular formula is C13H18N2O2S. The highest BCUT2D eigenvalue weighted by molar-refractivity contribution is 7.99. The molecule has 1 aromatic rings. The predicted molar refractivity (Wildman–Crippen MR) is 75.3 cm³/mol. The normalized spacial score (nSPS) is 15.6. The Labute approximate surface area is 111 Å². The van der Waals surface area contributed by atoms with E-state index in [1.165, 1.54) is 0 Å². The van der Waals surface area contributed by atoms with E-state index in [-0.39, 0.29) is 12.5 Å². The number of thioether (sulfide) groups is 1. The summed E-state index contributed by atoms with van der Waals surface area (Å²) in [4.78, 5) is 11.2. The van der Waals surface area contributed by atoms with E-state index in [1.54, 1.807) is 0 Å². The molecule has 1 atom stereocenters. The van der Waals surface area contributed by atoms with Crippen molar-refractivity contribution >= 4 is 23.4 Å². The Morgan fingerprint density at radius 3 is 3.17 bits per heavy atom. The summed E-state index contributed by atoms with van der Waals surface area (Å²) in [5, 5.41) is 6.81. The number of anilines is 1. The summed E-state index contributed by atoms with van der Waals surface area (Å²) in [6.07, 6.45) is 2.11. The zero-order valence-corrected chi connectivity index (χ0v) is 11.5. The van der Waals surface area contributed by atoms with Crippen LogP contribution in [-0.2, 0) is 11.3 Å². The first kappa shape index (κ1) is 13.2. The van der Waals surface area contributed by atoms with Gasteiger partial charge in [0.05, 0.1) is 5.69 Å². The van der Waals surface area contributed by atoms with Crippen molar-refractivity contribution in [2.24, 2.45) is 0 Å². The Morgan fingerprint density at radius 1 is 1.56 bits per heavy atom. The summed E-state index contributed by atoms with van der Waals surface area (Å²) in [7, 11) is 0. The number of fused-ring (bicyclic) bond motifs is 1. The molecule has 1 amide bonds. The Balaban J connectivity index is 1.94. The lowest BCUT2D eigenvalue weighted by Crippen LogP contribution is -2.26.